The number of carbonyl (C=O) groups excluding carboxylic acids is 1. The van der Waals surface area contributed by atoms with E-state index in [-0.39, 0.29) is 17.9 Å². The molecule has 2 aliphatic carbocycles. The van der Waals surface area contributed by atoms with Gasteiger partial charge in [0, 0.05) is 19.0 Å². The molecule has 0 aromatic rings. The van der Waals surface area contributed by atoms with Gasteiger partial charge in [-0.25, -0.2) is 0 Å². The quantitative estimate of drug-likeness (QED) is 0.522. The van der Waals surface area contributed by atoms with Gasteiger partial charge in [0.25, 0.3) is 0 Å². The highest BCUT2D eigenvalue weighted by Gasteiger charge is 2.48. The molecular weight excluding hydrogens is 188 g/mol. The molecule has 4 unspecified atom stereocenters. The number of fused-ring (bicyclic) bond motifs is 2. The maximum Gasteiger partial charge on any atom is 0.225 e. The minimum atomic E-state index is 0.0431. The van der Waals surface area contributed by atoms with Gasteiger partial charge in [-0.2, -0.15) is 0 Å². The summed E-state index contributed by atoms with van der Waals surface area (Å²) in [6.45, 7) is 0.579. The summed E-state index contributed by atoms with van der Waals surface area (Å²) in [5, 5.41) is 2.88. The maximum absolute atomic E-state index is 11.9. The van der Waals surface area contributed by atoms with Gasteiger partial charge in [-0.1, -0.05) is 0 Å². The molecule has 82 valence electrons. The molecule has 3 heteroatoms. The number of nitrogens with one attached hydrogen (secondary N) is 1. The van der Waals surface area contributed by atoms with Gasteiger partial charge in [-0.15, -0.1) is 12.3 Å². The van der Waals surface area contributed by atoms with Crippen molar-refractivity contribution in [2.75, 3.05) is 6.54 Å². The predicted octanol–water partition coefficient (Wildman–Crippen LogP) is 0.499. The fourth-order valence-electron chi connectivity index (χ4n) is 3.10. The topological polar surface area (TPSA) is 55.1 Å². The largest absolute Gasteiger partial charge is 0.355 e. The molecule has 2 aliphatic rings. The molecule has 1 amide bonds. The molecule has 2 rings (SSSR count). The van der Waals surface area contributed by atoms with E-state index in [2.05, 4.69) is 11.2 Å². The van der Waals surface area contributed by atoms with Crippen molar-refractivity contribution in [3.8, 4) is 12.3 Å². The van der Waals surface area contributed by atoms with Gasteiger partial charge < -0.3 is 11.1 Å². The Morgan fingerprint density at radius 1 is 1.47 bits per heavy atom. The van der Waals surface area contributed by atoms with Crippen molar-refractivity contribution in [1.82, 2.24) is 5.32 Å². The monoisotopic (exact) mass is 206 g/mol. The maximum atomic E-state index is 11.9. The van der Waals surface area contributed by atoms with Crippen LogP contribution < -0.4 is 11.1 Å². The van der Waals surface area contributed by atoms with Gasteiger partial charge in [0.15, 0.2) is 0 Å². The summed E-state index contributed by atoms with van der Waals surface area (Å²) in [6, 6.07) is 0.0783. The Kier molecular flexibility index (Phi) is 2.97. The molecule has 0 aromatic carbocycles. The smallest absolute Gasteiger partial charge is 0.225 e. The number of carbonyl (C=O) groups is 1. The van der Waals surface area contributed by atoms with Crippen LogP contribution in [-0.2, 0) is 4.79 Å². The second-order valence-corrected chi connectivity index (χ2v) is 4.68. The SMILES string of the molecule is C#CCCNC(=O)C1C2CCC(C2)C1N. The van der Waals surface area contributed by atoms with Gasteiger partial charge in [0.2, 0.25) is 5.91 Å². The van der Waals surface area contributed by atoms with Crippen LogP contribution in [0.15, 0.2) is 0 Å². The number of terminal acetylenes is 1. The zero-order chi connectivity index (χ0) is 10.8. The standard InChI is InChI=1S/C12H18N2O/c1-2-3-6-14-12(15)10-8-4-5-9(7-8)11(10)13/h1,8-11H,3-7,13H2,(H,14,15). The van der Waals surface area contributed by atoms with Crippen molar-refractivity contribution in [2.45, 2.75) is 31.7 Å². The molecule has 2 bridgehead atoms. The van der Waals surface area contributed by atoms with Gasteiger partial charge >= 0.3 is 0 Å². The third-order valence-corrected chi connectivity index (χ3v) is 3.85. The van der Waals surface area contributed by atoms with Gasteiger partial charge in [-0.05, 0) is 31.1 Å². The van der Waals surface area contributed by atoms with Crippen molar-refractivity contribution >= 4 is 5.91 Å². The van der Waals surface area contributed by atoms with Crippen LogP contribution in [0.5, 0.6) is 0 Å². The second-order valence-electron chi connectivity index (χ2n) is 4.68. The fourth-order valence-corrected chi connectivity index (χ4v) is 3.10. The first-order valence-corrected chi connectivity index (χ1v) is 5.70. The molecule has 0 saturated heterocycles. The van der Waals surface area contributed by atoms with E-state index in [1.165, 1.54) is 12.8 Å². The molecule has 15 heavy (non-hydrogen) atoms. The molecule has 0 aromatic heterocycles. The Bertz CT molecular complexity index is 292. The van der Waals surface area contributed by atoms with Gasteiger partial charge in [0.1, 0.15) is 0 Å². The van der Waals surface area contributed by atoms with Crippen LogP contribution in [0.2, 0.25) is 0 Å². The number of nitrogens with two attached hydrogens (primary N) is 1. The number of hydrogen-bond donors (Lipinski definition) is 2. The van der Waals surface area contributed by atoms with E-state index in [1.807, 2.05) is 0 Å². The summed E-state index contributed by atoms with van der Waals surface area (Å²) in [4.78, 5) is 11.9. The Labute approximate surface area is 90.8 Å². The summed E-state index contributed by atoms with van der Waals surface area (Å²) >= 11 is 0. The Balaban J connectivity index is 1.88. The minimum absolute atomic E-state index is 0.0431. The highest BCUT2D eigenvalue weighted by atomic mass is 16.1. The van der Waals surface area contributed by atoms with E-state index in [0.29, 0.717) is 24.8 Å². The first-order chi connectivity index (χ1) is 7.24. The van der Waals surface area contributed by atoms with Gasteiger partial charge in [0.05, 0.1) is 5.92 Å². The third kappa shape index (κ3) is 1.87. The average molecular weight is 206 g/mol. The molecule has 0 radical (unpaired) electrons. The van der Waals surface area contributed by atoms with Crippen LogP contribution in [0, 0.1) is 30.1 Å². The average Bonchev–Trinajstić information content (AvgIpc) is 2.78. The number of amides is 1. The molecule has 2 fully saturated rings. The van der Waals surface area contributed by atoms with Crippen molar-refractivity contribution in [1.29, 1.82) is 0 Å². The van der Waals surface area contributed by atoms with Crippen LogP contribution in [0.4, 0.5) is 0 Å². The molecule has 0 aliphatic heterocycles. The van der Waals surface area contributed by atoms with E-state index in [4.69, 9.17) is 12.2 Å². The van der Waals surface area contributed by atoms with E-state index >= 15 is 0 Å². The molecule has 3 N–H and O–H groups in total. The lowest BCUT2D eigenvalue weighted by molar-refractivity contribution is -0.126. The van der Waals surface area contributed by atoms with Crippen molar-refractivity contribution in [2.24, 2.45) is 23.5 Å². The summed E-state index contributed by atoms with van der Waals surface area (Å²) in [7, 11) is 0. The second kappa shape index (κ2) is 4.24. The lowest BCUT2D eigenvalue weighted by Gasteiger charge is -2.26. The van der Waals surface area contributed by atoms with E-state index in [0.717, 1.165) is 6.42 Å². The summed E-state index contributed by atoms with van der Waals surface area (Å²) in [5.41, 5.74) is 6.07. The molecular formula is C12H18N2O. The fraction of sp³-hybridized carbons (Fsp3) is 0.750. The summed E-state index contributed by atoms with van der Waals surface area (Å²) in [5.74, 6) is 3.78. The molecule has 0 spiro atoms. The Morgan fingerprint density at radius 3 is 2.80 bits per heavy atom. The van der Waals surface area contributed by atoms with E-state index in [9.17, 15) is 4.79 Å². The normalized spacial score (nSPS) is 37.6. The van der Waals surface area contributed by atoms with Crippen molar-refractivity contribution in [3.05, 3.63) is 0 Å². The third-order valence-electron chi connectivity index (χ3n) is 3.85. The summed E-state index contributed by atoms with van der Waals surface area (Å²) in [6.07, 6.45) is 9.26. The Morgan fingerprint density at radius 2 is 2.20 bits per heavy atom. The Hall–Kier alpha value is -1.01. The minimum Gasteiger partial charge on any atom is -0.355 e. The summed E-state index contributed by atoms with van der Waals surface area (Å²) < 4.78 is 0. The molecule has 0 heterocycles. The van der Waals surface area contributed by atoms with Crippen LogP contribution in [0.25, 0.3) is 0 Å². The first kappa shape index (κ1) is 10.5. The van der Waals surface area contributed by atoms with Crippen molar-refractivity contribution in [3.63, 3.8) is 0 Å². The lowest BCUT2D eigenvalue weighted by atomic mass is 9.84. The highest BCUT2D eigenvalue weighted by Crippen LogP contribution is 2.47. The zero-order valence-electron chi connectivity index (χ0n) is 8.91. The number of hydrogen-bond acceptors (Lipinski definition) is 2. The van der Waals surface area contributed by atoms with E-state index < -0.39 is 0 Å². The van der Waals surface area contributed by atoms with Crippen LogP contribution >= 0.6 is 0 Å². The molecule has 4 atom stereocenters. The van der Waals surface area contributed by atoms with E-state index in [1.54, 1.807) is 0 Å². The van der Waals surface area contributed by atoms with Crippen LogP contribution in [0.3, 0.4) is 0 Å². The van der Waals surface area contributed by atoms with Crippen LogP contribution in [-0.4, -0.2) is 18.5 Å². The van der Waals surface area contributed by atoms with Gasteiger partial charge in [-0.3, -0.25) is 4.79 Å². The lowest BCUT2D eigenvalue weighted by Crippen LogP contribution is -2.45. The molecule has 2 saturated carbocycles. The first-order valence-electron chi connectivity index (χ1n) is 5.70. The number of rotatable bonds is 3. The molecule has 3 nitrogen and oxygen atoms in total. The van der Waals surface area contributed by atoms with Crippen LogP contribution in [0.1, 0.15) is 25.7 Å². The van der Waals surface area contributed by atoms with Crippen molar-refractivity contribution < 1.29 is 4.79 Å². The highest BCUT2D eigenvalue weighted by molar-refractivity contribution is 5.80. The zero-order valence-corrected chi connectivity index (χ0v) is 8.91. The predicted molar refractivity (Wildman–Crippen MR) is 58.8 cm³/mol.